The van der Waals surface area contributed by atoms with Crippen molar-refractivity contribution in [2.24, 2.45) is 5.84 Å². The third-order valence-electron chi connectivity index (χ3n) is 2.79. The fraction of sp³-hybridized carbons (Fsp3) is 0.333. The van der Waals surface area contributed by atoms with E-state index in [-0.39, 0.29) is 11.9 Å². The van der Waals surface area contributed by atoms with Crippen molar-refractivity contribution in [2.45, 2.75) is 13.0 Å². The van der Waals surface area contributed by atoms with Gasteiger partial charge in [0.15, 0.2) is 0 Å². The van der Waals surface area contributed by atoms with Crippen LogP contribution in [-0.4, -0.2) is 13.7 Å². The molecule has 1 aromatic carbocycles. The minimum absolute atomic E-state index is 0.240. The molecule has 0 aliphatic carbocycles. The molecule has 1 atom stereocenters. The zero-order chi connectivity index (χ0) is 12.4. The molecule has 0 amide bonds. The predicted molar refractivity (Wildman–Crippen MR) is 62.8 cm³/mol. The van der Waals surface area contributed by atoms with Crippen molar-refractivity contribution in [2.75, 3.05) is 13.7 Å². The van der Waals surface area contributed by atoms with Gasteiger partial charge in [0.2, 0.25) is 0 Å². The van der Waals surface area contributed by atoms with E-state index in [2.05, 4.69) is 5.43 Å². The number of benzene rings is 1. The van der Waals surface area contributed by atoms with Gasteiger partial charge in [-0.3, -0.25) is 5.84 Å². The summed E-state index contributed by atoms with van der Waals surface area (Å²) < 4.78 is 23.9. The van der Waals surface area contributed by atoms with Gasteiger partial charge < -0.3 is 9.15 Å². The highest BCUT2D eigenvalue weighted by molar-refractivity contribution is 5.82. The first-order valence-corrected chi connectivity index (χ1v) is 5.31. The maximum absolute atomic E-state index is 13.2. The van der Waals surface area contributed by atoms with Crippen molar-refractivity contribution in [1.29, 1.82) is 0 Å². The van der Waals surface area contributed by atoms with Crippen LogP contribution in [0.15, 0.2) is 22.6 Å². The van der Waals surface area contributed by atoms with E-state index in [0.717, 1.165) is 10.9 Å². The van der Waals surface area contributed by atoms with Gasteiger partial charge in [0, 0.05) is 18.1 Å². The summed E-state index contributed by atoms with van der Waals surface area (Å²) in [5.41, 5.74) is 4.15. The first-order chi connectivity index (χ1) is 8.17. The van der Waals surface area contributed by atoms with E-state index in [1.807, 2.05) is 6.92 Å². The van der Waals surface area contributed by atoms with E-state index < -0.39 is 0 Å². The molecule has 0 saturated heterocycles. The second-order valence-corrected chi connectivity index (χ2v) is 3.91. The van der Waals surface area contributed by atoms with Gasteiger partial charge in [-0.2, -0.15) is 0 Å². The molecule has 0 fully saturated rings. The molecule has 0 saturated carbocycles. The summed E-state index contributed by atoms with van der Waals surface area (Å²) in [6.45, 7) is 2.26. The predicted octanol–water partition coefficient (Wildman–Crippen LogP) is 2.03. The Kier molecular flexibility index (Phi) is 3.42. The Hall–Kier alpha value is -1.43. The number of hydrogen-bond donors (Lipinski definition) is 2. The van der Waals surface area contributed by atoms with Crippen LogP contribution >= 0.6 is 0 Å². The van der Waals surface area contributed by atoms with E-state index in [4.69, 9.17) is 15.0 Å². The molecule has 0 spiro atoms. The van der Waals surface area contributed by atoms with Crippen LogP contribution in [0.4, 0.5) is 4.39 Å². The van der Waals surface area contributed by atoms with Crippen LogP contribution in [0.3, 0.4) is 0 Å². The molecule has 17 heavy (non-hydrogen) atoms. The average Bonchev–Trinajstić information content (AvgIpc) is 2.64. The summed E-state index contributed by atoms with van der Waals surface area (Å²) in [6.07, 6.45) is 0. The second kappa shape index (κ2) is 4.83. The lowest BCUT2D eigenvalue weighted by molar-refractivity contribution is 0.158. The first kappa shape index (κ1) is 12.0. The van der Waals surface area contributed by atoms with Gasteiger partial charge in [0.05, 0.1) is 6.61 Å². The molecule has 1 unspecified atom stereocenters. The highest BCUT2D eigenvalue weighted by atomic mass is 19.1. The molecule has 1 aromatic heterocycles. The SMILES string of the molecule is COCC(NN)c1oc2ccc(F)cc2c1C. The summed E-state index contributed by atoms with van der Waals surface area (Å²) in [5.74, 6) is 5.84. The number of methoxy groups -OCH3 is 1. The lowest BCUT2D eigenvalue weighted by Crippen LogP contribution is -2.31. The minimum Gasteiger partial charge on any atom is -0.459 e. The van der Waals surface area contributed by atoms with Gasteiger partial charge in [-0.15, -0.1) is 0 Å². The number of nitrogens with two attached hydrogens (primary N) is 1. The number of rotatable bonds is 4. The molecule has 92 valence electrons. The highest BCUT2D eigenvalue weighted by Crippen LogP contribution is 2.29. The minimum atomic E-state index is -0.281. The van der Waals surface area contributed by atoms with Crippen molar-refractivity contribution in [1.82, 2.24) is 5.43 Å². The van der Waals surface area contributed by atoms with Gasteiger partial charge in [-0.25, -0.2) is 9.82 Å². The van der Waals surface area contributed by atoms with Crippen molar-refractivity contribution in [3.05, 3.63) is 35.3 Å². The van der Waals surface area contributed by atoms with Crippen LogP contribution in [0, 0.1) is 12.7 Å². The molecule has 4 nitrogen and oxygen atoms in total. The number of hydrogen-bond acceptors (Lipinski definition) is 4. The Morgan fingerprint density at radius 3 is 2.94 bits per heavy atom. The Labute approximate surface area is 98.5 Å². The van der Waals surface area contributed by atoms with Gasteiger partial charge >= 0.3 is 0 Å². The average molecular weight is 238 g/mol. The Balaban J connectivity index is 2.51. The van der Waals surface area contributed by atoms with Crippen molar-refractivity contribution in [3.8, 4) is 0 Å². The van der Waals surface area contributed by atoms with E-state index in [0.29, 0.717) is 18.0 Å². The second-order valence-electron chi connectivity index (χ2n) is 3.91. The molecule has 0 bridgehead atoms. The smallest absolute Gasteiger partial charge is 0.134 e. The van der Waals surface area contributed by atoms with Crippen LogP contribution in [0.2, 0.25) is 0 Å². The largest absolute Gasteiger partial charge is 0.459 e. The number of nitrogens with one attached hydrogen (secondary N) is 1. The molecule has 2 aromatic rings. The number of ether oxygens (including phenoxy) is 1. The van der Waals surface area contributed by atoms with Gasteiger partial charge in [-0.05, 0) is 25.1 Å². The Bertz CT molecular complexity index is 524. The molecule has 0 aliphatic rings. The van der Waals surface area contributed by atoms with Gasteiger partial charge in [0.25, 0.3) is 0 Å². The number of furan rings is 1. The zero-order valence-corrected chi connectivity index (χ0v) is 9.79. The van der Waals surface area contributed by atoms with E-state index in [1.165, 1.54) is 12.1 Å². The van der Waals surface area contributed by atoms with E-state index >= 15 is 0 Å². The maximum atomic E-state index is 13.2. The molecule has 2 rings (SSSR count). The van der Waals surface area contributed by atoms with Crippen LogP contribution in [0.5, 0.6) is 0 Å². The molecule has 0 radical (unpaired) electrons. The van der Waals surface area contributed by atoms with Crippen LogP contribution < -0.4 is 11.3 Å². The molecule has 0 aliphatic heterocycles. The van der Waals surface area contributed by atoms with Gasteiger partial charge in [0.1, 0.15) is 23.2 Å². The molecule has 1 heterocycles. The van der Waals surface area contributed by atoms with Crippen LogP contribution in [0.25, 0.3) is 11.0 Å². The van der Waals surface area contributed by atoms with Crippen molar-refractivity contribution >= 4 is 11.0 Å². The number of aryl methyl sites for hydroxylation is 1. The normalized spacial score (nSPS) is 13.2. The third-order valence-corrected chi connectivity index (χ3v) is 2.79. The highest BCUT2D eigenvalue weighted by Gasteiger charge is 2.19. The van der Waals surface area contributed by atoms with Crippen LogP contribution in [0.1, 0.15) is 17.4 Å². The fourth-order valence-electron chi connectivity index (χ4n) is 1.91. The van der Waals surface area contributed by atoms with Crippen LogP contribution in [-0.2, 0) is 4.74 Å². The molecular weight excluding hydrogens is 223 g/mol. The van der Waals surface area contributed by atoms with Crippen molar-refractivity contribution in [3.63, 3.8) is 0 Å². The molecular formula is C12H15FN2O2. The standard InChI is InChI=1S/C12H15FN2O2/c1-7-9-5-8(13)3-4-11(9)17-12(7)10(15-14)6-16-2/h3-5,10,15H,6,14H2,1-2H3. The molecule has 5 heteroatoms. The topological polar surface area (TPSA) is 60.4 Å². The lowest BCUT2D eigenvalue weighted by Gasteiger charge is -2.12. The molecule has 3 N–H and O–H groups in total. The number of fused-ring (bicyclic) bond motifs is 1. The third kappa shape index (κ3) is 2.17. The Morgan fingerprint density at radius 1 is 1.53 bits per heavy atom. The maximum Gasteiger partial charge on any atom is 0.134 e. The summed E-state index contributed by atoms with van der Waals surface area (Å²) in [7, 11) is 1.59. The quantitative estimate of drug-likeness (QED) is 0.632. The van der Waals surface area contributed by atoms with E-state index in [1.54, 1.807) is 13.2 Å². The first-order valence-electron chi connectivity index (χ1n) is 5.31. The summed E-state index contributed by atoms with van der Waals surface area (Å²) in [5, 5.41) is 0.761. The van der Waals surface area contributed by atoms with Crippen molar-refractivity contribution < 1.29 is 13.5 Å². The number of hydrazine groups is 1. The monoisotopic (exact) mass is 238 g/mol. The van der Waals surface area contributed by atoms with Gasteiger partial charge in [-0.1, -0.05) is 0 Å². The Morgan fingerprint density at radius 2 is 2.29 bits per heavy atom. The zero-order valence-electron chi connectivity index (χ0n) is 9.79. The summed E-state index contributed by atoms with van der Waals surface area (Å²) >= 11 is 0. The summed E-state index contributed by atoms with van der Waals surface area (Å²) in [4.78, 5) is 0. The van der Waals surface area contributed by atoms with E-state index in [9.17, 15) is 4.39 Å². The summed E-state index contributed by atoms with van der Waals surface area (Å²) in [6, 6.07) is 4.20. The number of halogens is 1. The fourth-order valence-corrected chi connectivity index (χ4v) is 1.91. The lowest BCUT2D eigenvalue weighted by atomic mass is 10.1.